The monoisotopic (exact) mass is 296 g/mol. The van der Waals surface area contributed by atoms with Gasteiger partial charge in [-0.3, -0.25) is 14.3 Å². The fourth-order valence-corrected chi connectivity index (χ4v) is 2.67. The molecule has 114 valence electrons. The molecule has 0 saturated carbocycles. The van der Waals surface area contributed by atoms with Crippen molar-refractivity contribution >= 4 is 17.1 Å². The van der Waals surface area contributed by atoms with Crippen LogP contribution < -0.4 is 15.9 Å². The maximum Gasteiger partial charge on any atom is 0.313 e. The molecule has 1 aliphatic rings. The summed E-state index contributed by atoms with van der Waals surface area (Å²) in [6.45, 7) is 2.22. The topological polar surface area (TPSA) is 130 Å². The second-order valence-corrected chi connectivity index (χ2v) is 5.05. The van der Waals surface area contributed by atoms with Crippen LogP contribution in [0.15, 0.2) is 11.1 Å². The van der Waals surface area contributed by atoms with Crippen LogP contribution in [0, 0.1) is 0 Å². The van der Waals surface area contributed by atoms with E-state index in [1.807, 2.05) is 6.92 Å². The molecule has 0 radical (unpaired) electrons. The zero-order valence-corrected chi connectivity index (χ0v) is 11.6. The van der Waals surface area contributed by atoms with E-state index in [-0.39, 0.29) is 18.1 Å². The molecule has 3 heterocycles. The average molecular weight is 296 g/mol. The van der Waals surface area contributed by atoms with Gasteiger partial charge in [-0.15, -0.1) is 0 Å². The number of nitrogens with zero attached hydrogens (tertiary/aromatic N) is 3. The van der Waals surface area contributed by atoms with E-state index in [1.165, 1.54) is 0 Å². The lowest BCUT2D eigenvalue weighted by Gasteiger charge is -2.10. The van der Waals surface area contributed by atoms with Crippen molar-refractivity contribution in [3.63, 3.8) is 0 Å². The van der Waals surface area contributed by atoms with Gasteiger partial charge in [0, 0.05) is 6.42 Å². The maximum absolute atomic E-state index is 12.1. The van der Waals surface area contributed by atoms with Gasteiger partial charge in [-0.2, -0.15) is 0 Å². The zero-order valence-electron chi connectivity index (χ0n) is 11.6. The largest absolute Gasteiger partial charge is 0.394 e. The highest BCUT2D eigenvalue weighted by atomic mass is 16.5. The van der Waals surface area contributed by atoms with Gasteiger partial charge in [-0.25, -0.2) is 4.57 Å². The van der Waals surface area contributed by atoms with Crippen molar-refractivity contribution in [2.24, 2.45) is 0 Å². The lowest BCUT2D eigenvalue weighted by atomic mass is 10.2. The van der Waals surface area contributed by atoms with E-state index < -0.39 is 18.4 Å². The molecule has 0 bridgehead atoms. The number of nitrogens with one attached hydrogen (secondary N) is 1. The molecule has 3 rings (SSSR count). The number of aromatic amines is 1. The van der Waals surface area contributed by atoms with Crippen LogP contribution in [0.25, 0.3) is 11.2 Å². The number of imidazole rings is 1. The number of H-pyrrole nitrogens is 1. The summed E-state index contributed by atoms with van der Waals surface area (Å²) in [4.78, 5) is 18.7. The van der Waals surface area contributed by atoms with E-state index >= 15 is 0 Å². The molecular weight excluding hydrogens is 278 g/mol. The van der Waals surface area contributed by atoms with Crippen molar-refractivity contribution in [3.05, 3.63) is 16.7 Å². The van der Waals surface area contributed by atoms with Crippen LogP contribution in [-0.4, -0.2) is 43.6 Å². The Morgan fingerprint density at radius 3 is 3.05 bits per heavy atom. The number of nitrogen functional groups attached to an aromatic ring is 1. The first kappa shape index (κ1) is 14.0. The van der Waals surface area contributed by atoms with Crippen molar-refractivity contribution < 1.29 is 19.5 Å². The second kappa shape index (κ2) is 5.10. The van der Waals surface area contributed by atoms with E-state index in [1.54, 1.807) is 15.5 Å². The molecule has 0 amide bonds. The molecule has 1 aliphatic heterocycles. The number of aliphatic hydroxyl groups is 2. The van der Waals surface area contributed by atoms with E-state index in [0.29, 0.717) is 24.1 Å². The summed E-state index contributed by atoms with van der Waals surface area (Å²) in [6.07, 6.45) is 0.131. The van der Waals surface area contributed by atoms with Crippen LogP contribution in [0.5, 0.6) is 0 Å². The highest BCUT2D eigenvalue weighted by molar-refractivity contribution is 5.67. The predicted molar refractivity (Wildman–Crippen MR) is 72.3 cm³/mol. The maximum atomic E-state index is 12.1. The zero-order chi connectivity index (χ0) is 15.1. The number of anilines is 1. The van der Waals surface area contributed by atoms with E-state index in [4.69, 9.17) is 15.6 Å². The third-order valence-corrected chi connectivity index (χ3v) is 3.73. The Balaban J connectivity index is 2.13. The summed E-state index contributed by atoms with van der Waals surface area (Å²) < 4.78 is 9.02. The van der Waals surface area contributed by atoms with Gasteiger partial charge < -0.3 is 20.7 Å². The highest BCUT2D eigenvalue weighted by Crippen LogP contribution is 2.25. The Kier molecular flexibility index (Phi) is 3.40. The number of hydrogen-bond acceptors (Lipinski definition) is 6. The molecule has 1 unspecified atom stereocenters. The third kappa shape index (κ3) is 2.19. The first-order valence-corrected chi connectivity index (χ1v) is 6.79. The Hall–Kier alpha value is -1.97. The minimum atomic E-state index is -0.758. The highest BCUT2D eigenvalue weighted by Gasteiger charge is 2.38. The van der Waals surface area contributed by atoms with E-state index in [9.17, 15) is 9.90 Å². The first-order valence-electron chi connectivity index (χ1n) is 6.79. The van der Waals surface area contributed by atoms with Crippen molar-refractivity contribution in [1.29, 1.82) is 0 Å². The van der Waals surface area contributed by atoms with Crippen LogP contribution in [-0.2, 0) is 11.3 Å². The quantitative estimate of drug-likeness (QED) is 0.497. The fourth-order valence-electron chi connectivity index (χ4n) is 2.67. The van der Waals surface area contributed by atoms with Gasteiger partial charge >= 0.3 is 5.65 Å². The lowest BCUT2D eigenvalue weighted by molar-refractivity contribution is -0.739. The van der Waals surface area contributed by atoms with Crippen molar-refractivity contribution in [2.75, 3.05) is 12.3 Å². The summed E-state index contributed by atoms with van der Waals surface area (Å²) >= 11 is 0. The first-order chi connectivity index (χ1) is 10.0. The van der Waals surface area contributed by atoms with Crippen molar-refractivity contribution in [3.8, 4) is 0 Å². The Morgan fingerprint density at radius 1 is 1.67 bits per heavy atom. The number of hydrogen-bond donors (Lipinski definition) is 4. The van der Waals surface area contributed by atoms with Gasteiger partial charge in [-0.1, -0.05) is 4.98 Å². The van der Waals surface area contributed by atoms with Gasteiger partial charge in [0.05, 0.1) is 19.3 Å². The van der Waals surface area contributed by atoms with Gasteiger partial charge in [-0.05, 0) is 6.92 Å². The lowest BCUT2D eigenvalue weighted by Crippen LogP contribution is -2.39. The molecule has 9 heteroatoms. The van der Waals surface area contributed by atoms with Crippen molar-refractivity contribution in [2.45, 2.75) is 38.3 Å². The molecule has 21 heavy (non-hydrogen) atoms. The van der Waals surface area contributed by atoms with Gasteiger partial charge in [0.1, 0.15) is 6.10 Å². The summed E-state index contributed by atoms with van der Waals surface area (Å²) in [5, 5.41) is 19.0. The number of aryl methyl sites for hydroxylation is 1. The molecular formula is C12H18N5O4+. The average Bonchev–Trinajstić information content (AvgIpc) is 2.98. The smallest absolute Gasteiger partial charge is 0.313 e. The van der Waals surface area contributed by atoms with Crippen LogP contribution in [0.3, 0.4) is 0 Å². The summed E-state index contributed by atoms with van der Waals surface area (Å²) in [7, 11) is 0. The van der Waals surface area contributed by atoms with Crippen LogP contribution >= 0.6 is 0 Å². The normalized spacial score (nSPS) is 25.8. The van der Waals surface area contributed by atoms with E-state index in [2.05, 4.69) is 9.97 Å². The number of fused-ring (bicyclic) bond motifs is 1. The van der Waals surface area contributed by atoms with Crippen LogP contribution in [0.2, 0.25) is 0 Å². The number of rotatable bonds is 3. The number of ether oxygens (including phenoxy) is 1. The van der Waals surface area contributed by atoms with Gasteiger partial charge in [0.15, 0.2) is 12.6 Å². The fraction of sp³-hybridized carbons (Fsp3) is 0.583. The summed E-state index contributed by atoms with van der Waals surface area (Å²) in [5.41, 5.74) is 6.08. The number of aromatic nitrogens is 4. The predicted octanol–water partition coefficient (Wildman–Crippen LogP) is -1.75. The van der Waals surface area contributed by atoms with Crippen molar-refractivity contribution in [1.82, 2.24) is 14.5 Å². The molecule has 2 aromatic heterocycles. The summed E-state index contributed by atoms with van der Waals surface area (Å²) in [5.74, 6) is 0.0207. The Labute approximate surface area is 119 Å². The van der Waals surface area contributed by atoms with Gasteiger partial charge in [0.2, 0.25) is 5.52 Å². The minimum absolute atomic E-state index is 0.0207. The standard InChI is InChI=1S/C12H17N5O4/c1-2-16-5-17(8-3-6(19)7(4-18)21-8)10-9(16)11(20)15-12(13)14-10/h5-8,18-19H,2-4H2,1H3,(H2-,13,14,15,20)/p+1/t6?,7-,8-/m1/s1. The molecule has 0 spiro atoms. The van der Waals surface area contributed by atoms with Crippen LogP contribution in [0.4, 0.5) is 5.95 Å². The minimum Gasteiger partial charge on any atom is -0.394 e. The molecule has 5 N–H and O–H groups in total. The third-order valence-electron chi connectivity index (χ3n) is 3.73. The molecule has 2 aromatic rings. The summed E-state index contributed by atoms with van der Waals surface area (Å²) in [6, 6.07) is 0. The Morgan fingerprint density at radius 2 is 2.43 bits per heavy atom. The van der Waals surface area contributed by atoms with E-state index in [0.717, 1.165) is 0 Å². The Bertz CT molecular complexity index is 724. The van der Waals surface area contributed by atoms with Crippen LogP contribution in [0.1, 0.15) is 19.6 Å². The molecule has 9 nitrogen and oxygen atoms in total. The second-order valence-electron chi connectivity index (χ2n) is 5.05. The molecule has 0 aromatic carbocycles. The molecule has 1 saturated heterocycles. The number of nitrogens with two attached hydrogens (primary N) is 1. The number of aliphatic hydroxyl groups excluding tert-OH is 2. The van der Waals surface area contributed by atoms with Gasteiger partial charge in [0.25, 0.3) is 11.5 Å². The molecule has 1 fully saturated rings. The SMILES string of the molecule is CCn1c[n+]([C@H]2CC(O)[C@@H](CO)O2)c2nc(N)[nH]c(=O)c21. The molecule has 3 atom stereocenters. The molecule has 0 aliphatic carbocycles.